The van der Waals surface area contributed by atoms with Crippen molar-refractivity contribution in [2.24, 2.45) is 0 Å². The Morgan fingerprint density at radius 3 is 1.76 bits per heavy atom. The summed E-state index contributed by atoms with van der Waals surface area (Å²) in [5.74, 6) is 0. The molecule has 0 bridgehead atoms. The fourth-order valence-electron chi connectivity index (χ4n) is 1.62. The van der Waals surface area contributed by atoms with Gasteiger partial charge in [0.2, 0.25) is 0 Å². The first kappa shape index (κ1) is 13.3. The van der Waals surface area contributed by atoms with Crippen LogP contribution in [-0.2, 0) is 6.42 Å². The van der Waals surface area contributed by atoms with Crippen LogP contribution in [0, 0.1) is 0 Å². The highest BCUT2D eigenvalue weighted by Gasteiger charge is 2.08. The minimum Gasteiger partial charge on any atom is -0.0835 e. The predicted octanol–water partition coefficient (Wildman–Crippen LogP) is 5.89. The van der Waals surface area contributed by atoms with Crippen LogP contribution in [0.15, 0.2) is 57.5 Å². The van der Waals surface area contributed by atoms with Crippen molar-refractivity contribution in [2.45, 2.75) is 11.2 Å². The van der Waals surface area contributed by atoms with Crippen LogP contribution in [0.4, 0.5) is 0 Å². The molecule has 17 heavy (non-hydrogen) atoms. The Bertz CT molecular complexity index is 474. The number of benzene rings is 2. The van der Waals surface area contributed by atoms with Crippen molar-refractivity contribution in [3.05, 3.63) is 68.6 Å². The molecule has 0 fully saturated rings. The summed E-state index contributed by atoms with van der Waals surface area (Å²) in [6, 6.07) is 16.9. The van der Waals surface area contributed by atoms with Crippen molar-refractivity contribution in [1.29, 1.82) is 0 Å². The maximum absolute atomic E-state index is 3.74. The van der Waals surface area contributed by atoms with Crippen LogP contribution < -0.4 is 0 Å². The minimum atomic E-state index is 0.358. The van der Waals surface area contributed by atoms with Crippen LogP contribution in [0.25, 0.3) is 0 Å². The highest BCUT2D eigenvalue weighted by Crippen LogP contribution is 2.28. The Morgan fingerprint density at radius 2 is 1.24 bits per heavy atom. The summed E-state index contributed by atoms with van der Waals surface area (Å²) in [7, 11) is 0. The molecule has 0 aromatic heterocycles. The molecule has 88 valence electrons. The maximum Gasteiger partial charge on any atom is 0.0435 e. The van der Waals surface area contributed by atoms with Gasteiger partial charge in [-0.2, -0.15) is 0 Å². The van der Waals surface area contributed by atoms with E-state index >= 15 is 0 Å². The Kier molecular flexibility index (Phi) is 4.83. The summed E-state index contributed by atoms with van der Waals surface area (Å²) in [5, 5.41) is 0. The number of alkyl halides is 1. The van der Waals surface area contributed by atoms with Gasteiger partial charge in [-0.3, -0.25) is 0 Å². The molecule has 1 unspecified atom stereocenters. The molecule has 0 saturated heterocycles. The quantitative estimate of drug-likeness (QED) is 0.545. The second-order valence-corrected chi connectivity index (χ2v) is 6.79. The van der Waals surface area contributed by atoms with E-state index < -0.39 is 0 Å². The summed E-state index contributed by atoms with van der Waals surface area (Å²) >= 11 is 10.6. The lowest BCUT2D eigenvalue weighted by atomic mass is 10.0. The zero-order valence-corrected chi connectivity index (χ0v) is 13.8. The van der Waals surface area contributed by atoms with Gasteiger partial charge in [-0.05, 0) is 41.8 Å². The molecule has 2 rings (SSSR count). The van der Waals surface area contributed by atoms with E-state index in [0.29, 0.717) is 4.83 Å². The molecule has 2 aromatic rings. The highest BCUT2D eigenvalue weighted by atomic mass is 79.9. The summed E-state index contributed by atoms with van der Waals surface area (Å²) in [5.41, 5.74) is 2.63. The highest BCUT2D eigenvalue weighted by molar-refractivity contribution is 9.10. The van der Waals surface area contributed by atoms with Gasteiger partial charge in [0.25, 0.3) is 0 Å². The Balaban J connectivity index is 2.08. The van der Waals surface area contributed by atoms with E-state index in [9.17, 15) is 0 Å². The van der Waals surface area contributed by atoms with Gasteiger partial charge in [0, 0.05) is 13.8 Å². The van der Waals surface area contributed by atoms with Gasteiger partial charge in [-0.25, -0.2) is 0 Å². The molecule has 0 radical (unpaired) electrons. The van der Waals surface area contributed by atoms with E-state index in [1.165, 1.54) is 11.1 Å². The van der Waals surface area contributed by atoms with Crippen molar-refractivity contribution < 1.29 is 0 Å². The van der Waals surface area contributed by atoms with E-state index in [4.69, 9.17) is 0 Å². The number of rotatable bonds is 3. The van der Waals surface area contributed by atoms with E-state index in [-0.39, 0.29) is 0 Å². The molecule has 3 heteroatoms. The second-order valence-electron chi connectivity index (χ2n) is 3.85. The molecule has 0 spiro atoms. The summed E-state index contributed by atoms with van der Waals surface area (Å²) in [4.78, 5) is 0.358. The molecule has 0 aliphatic carbocycles. The topological polar surface area (TPSA) is 0 Å². The van der Waals surface area contributed by atoms with Crippen molar-refractivity contribution in [3.8, 4) is 0 Å². The third-order valence-corrected chi connectivity index (χ3v) is 4.47. The Labute approximate surface area is 127 Å². The van der Waals surface area contributed by atoms with Crippen LogP contribution in [0.3, 0.4) is 0 Å². The van der Waals surface area contributed by atoms with Crippen LogP contribution in [0.2, 0.25) is 0 Å². The number of halogens is 3. The molecule has 0 amide bonds. The van der Waals surface area contributed by atoms with Gasteiger partial charge < -0.3 is 0 Å². The average Bonchev–Trinajstić information content (AvgIpc) is 2.33. The normalized spacial score (nSPS) is 12.4. The fraction of sp³-hybridized carbons (Fsp3) is 0.143. The monoisotopic (exact) mass is 416 g/mol. The average molecular weight is 419 g/mol. The summed E-state index contributed by atoms with van der Waals surface area (Å²) in [6.07, 6.45) is 0.995. The van der Waals surface area contributed by atoms with Crippen molar-refractivity contribution >= 4 is 47.8 Å². The second kappa shape index (κ2) is 6.17. The zero-order chi connectivity index (χ0) is 12.3. The zero-order valence-electron chi connectivity index (χ0n) is 9.04. The minimum absolute atomic E-state index is 0.358. The maximum atomic E-state index is 3.74. The van der Waals surface area contributed by atoms with Gasteiger partial charge in [-0.1, -0.05) is 72.1 Å². The van der Waals surface area contributed by atoms with Crippen molar-refractivity contribution in [3.63, 3.8) is 0 Å². The summed E-state index contributed by atoms with van der Waals surface area (Å²) in [6.45, 7) is 0. The van der Waals surface area contributed by atoms with Gasteiger partial charge in [0.15, 0.2) is 0 Å². The molecular weight excluding hydrogens is 408 g/mol. The Hall–Kier alpha value is -0.120. The number of hydrogen-bond acceptors (Lipinski definition) is 0. The van der Waals surface area contributed by atoms with Gasteiger partial charge >= 0.3 is 0 Å². The van der Waals surface area contributed by atoms with Gasteiger partial charge in [0.05, 0.1) is 0 Å². The molecular formula is C14H11Br3. The lowest BCUT2D eigenvalue weighted by molar-refractivity contribution is 0.948. The van der Waals surface area contributed by atoms with Gasteiger partial charge in [-0.15, -0.1) is 0 Å². The molecule has 1 atom stereocenters. The first-order valence-corrected chi connectivity index (χ1v) is 7.79. The predicted molar refractivity (Wildman–Crippen MR) is 83.7 cm³/mol. The van der Waals surface area contributed by atoms with E-state index in [1.807, 2.05) is 0 Å². The Morgan fingerprint density at radius 1 is 0.765 bits per heavy atom. The largest absolute Gasteiger partial charge is 0.0835 e. The van der Waals surface area contributed by atoms with Crippen LogP contribution in [0.5, 0.6) is 0 Å². The molecule has 2 aromatic carbocycles. The van der Waals surface area contributed by atoms with Crippen molar-refractivity contribution in [2.75, 3.05) is 0 Å². The lowest BCUT2D eigenvalue weighted by Crippen LogP contribution is -1.94. The van der Waals surface area contributed by atoms with Crippen LogP contribution in [0.1, 0.15) is 16.0 Å². The van der Waals surface area contributed by atoms with Crippen LogP contribution in [-0.4, -0.2) is 0 Å². The SMILES string of the molecule is Brc1ccc(CC(Br)c2ccc(Br)cc2)cc1. The third kappa shape index (κ3) is 3.94. The molecule has 0 N–H and O–H groups in total. The molecule has 0 aliphatic rings. The fourth-order valence-corrected chi connectivity index (χ4v) is 2.82. The van der Waals surface area contributed by atoms with Crippen molar-refractivity contribution in [1.82, 2.24) is 0 Å². The number of hydrogen-bond donors (Lipinski definition) is 0. The van der Waals surface area contributed by atoms with Gasteiger partial charge in [0.1, 0.15) is 0 Å². The molecule has 0 heterocycles. The van der Waals surface area contributed by atoms with Crippen LogP contribution >= 0.6 is 47.8 Å². The molecule has 0 aliphatic heterocycles. The van der Waals surface area contributed by atoms with E-state index in [2.05, 4.69) is 96.3 Å². The third-order valence-electron chi connectivity index (χ3n) is 2.56. The molecule has 0 nitrogen and oxygen atoms in total. The first-order chi connectivity index (χ1) is 8.15. The lowest BCUT2D eigenvalue weighted by Gasteiger charge is -2.10. The van der Waals surface area contributed by atoms with E-state index in [0.717, 1.165) is 15.4 Å². The molecule has 0 saturated carbocycles. The summed E-state index contributed by atoms with van der Waals surface area (Å²) < 4.78 is 2.24. The first-order valence-electron chi connectivity index (χ1n) is 5.29. The van der Waals surface area contributed by atoms with E-state index in [1.54, 1.807) is 0 Å². The standard InChI is InChI=1S/C14H11Br3/c15-12-5-1-10(2-6-12)9-14(17)11-3-7-13(16)8-4-11/h1-8,14H,9H2. The smallest absolute Gasteiger partial charge is 0.0435 e.